The van der Waals surface area contributed by atoms with Crippen molar-refractivity contribution in [1.29, 1.82) is 0 Å². The zero-order valence-corrected chi connectivity index (χ0v) is 21.1. The predicted molar refractivity (Wildman–Crippen MR) is 139 cm³/mol. The molecule has 1 N–H and O–H groups in total. The Balaban J connectivity index is 1.63. The quantitative estimate of drug-likeness (QED) is 0.448. The number of hydrogen-bond donors (Lipinski definition) is 1. The normalized spacial score (nSPS) is 15.1. The fourth-order valence-electron chi connectivity index (χ4n) is 5.14. The first-order valence-electron chi connectivity index (χ1n) is 12.2. The molecular weight excluding hydrogens is 410 g/mol. The Bertz CT molecular complexity index is 1080. The summed E-state index contributed by atoms with van der Waals surface area (Å²) in [5.41, 5.74) is 6.18. The van der Waals surface area contributed by atoms with E-state index in [1.54, 1.807) is 14.2 Å². The van der Waals surface area contributed by atoms with Crippen LogP contribution >= 0.6 is 0 Å². The van der Waals surface area contributed by atoms with Crippen molar-refractivity contribution in [3.63, 3.8) is 0 Å². The minimum atomic E-state index is 0.397. The first-order chi connectivity index (χ1) is 15.9. The molecule has 2 heterocycles. The van der Waals surface area contributed by atoms with E-state index < -0.39 is 0 Å². The number of methoxy groups -OCH3 is 2. The molecule has 0 unspecified atom stereocenters. The lowest BCUT2D eigenvalue weighted by Gasteiger charge is -2.34. The van der Waals surface area contributed by atoms with Gasteiger partial charge in [-0.1, -0.05) is 13.8 Å². The third-order valence-corrected chi connectivity index (χ3v) is 7.04. The molecule has 0 atom stereocenters. The molecule has 1 fully saturated rings. The molecule has 4 rings (SSSR count). The van der Waals surface area contributed by atoms with E-state index in [0.29, 0.717) is 5.92 Å². The van der Waals surface area contributed by atoms with Gasteiger partial charge >= 0.3 is 0 Å². The van der Waals surface area contributed by atoms with Gasteiger partial charge in [-0.25, -0.2) is 0 Å². The van der Waals surface area contributed by atoms with Crippen molar-refractivity contribution in [2.45, 2.75) is 39.0 Å². The van der Waals surface area contributed by atoms with Crippen molar-refractivity contribution in [1.82, 2.24) is 9.88 Å². The van der Waals surface area contributed by atoms with Gasteiger partial charge in [0.2, 0.25) is 0 Å². The maximum absolute atomic E-state index is 5.56. The number of ether oxygens (including phenoxy) is 2. The molecule has 1 aliphatic rings. The highest BCUT2D eigenvalue weighted by atomic mass is 16.5. The molecule has 0 radical (unpaired) electrons. The van der Waals surface area contributed by atoms with Gasteiger partial charge in [-0.05, 0) is 93.7 Å². The highest BCUT2D eigenvalue weighted by Gasteiger charge is 2.22. The highest BCUT2D eigenvalue weighted by Crippen LogP contribution is 2.40. The zero-order valence-electron chi connectivity index (χ0n) is 21.1. The summed E-state index contributed by atoms with van der Waals surface area (Å²) in [6, 6.07) is 13.1. The van der Waals surface area contributed by atoms with Crippen molar-refractivity contribution in [3.8, 4) is 22.8 Å². The molecule has 0 amide bonds. The number of nitrogens with zero attached hydrogens (tertiary/aromatic N) is 2. The molecule has 0 aliphatic carbocycles. The standard InChI is InChI=1S/C28H39N3O2/c1-19(2)27-23-18-22(31-15-12-20(13-16-31)11-14-30(3)4)8-9-24(23)29-28(27)21-7-10-25(32-5)26(17-21)33-6/h7-10,17-20,29H,11-16H2,1-6H3. The Hall–Kier alpha value is -2.66. The summed E-state index contributed by atoms with van der Waals surface area (Å²) in [4.78, 5) is 8.57. The van der Waals surface area contributed by atoms with Gasteiger partial charge in [0.1, 0.15) is 0 Å². The van der Waals surface area contributed by atoms with Crippen LogP contribution in [-0.2, 0) is 0 Å². The molecule has 0 bridgehead atoms. The van der Waals surface area contributed by atoms with E-state index >= 15 is 0 Å². The first kappa shape index (κ1) is 23.5. The van der Waals surface area contributed by atoms with Gasteiger partial charge in [0.05, 0.1) is 19.9 Å². The van der Waals surface area contributed by atoms with E-state index in [2.05, 4.69) is 73.1 Å². The predicted octanol–water partition coefficient (Wildman–Crippen LogP) is 6.14. The minimum Gasteiger partial charge on any atom is -0.493 e. The number of aromatic amines is 1. The molecular formula is C28H39N3O2. The minimum absolute atomic E-state index is 0.397. The summed E-state index contributed by atoms with van der Waals surface area (Å²) in [5, 5.41) is 1.32. The average Bonchev–Trinajstić information content (AvgIpc) is 3.21. The number of fused-ring (bicyclic) bond motifs is 1. The van der Waals surface area contributed by atoms with Crippen LogP contribution in [0.2, 0.25) is 0 Å². The van der Waals surface area contributed by atoms with Crippen molar-refractivity contribution in [2.24, 2.45) is 5.92 Å². The molecule has 0 saturated carbocycles. The highest BCUT2D eigenvalue weighted by molar-refractivity contribution is 5.93. The number of aromatic nitrogens is 1. The second-order valence-corrected chi connectivity index (χ2v) is 9.89. The smallest absolute Gasteiger partial charge is 0.161 e. The Morgan fingerprint density at radius 3 is 2.36 bits per heavy atom. The third kappa shape index (κ3) is 4.98. The fourth-order valence-corrected chi connectivity index (χ4v) is 5.14. The number of hydrogen-bond acceptors (Lipinski definition) is 4. The Labute approximate surface area is 198 Å². The third-order valence-electron chi connectivity index (χ3n) is 7.04. The van der Waals surface area contributed by atoms with Crippen LogP contribution in [0.4, 0.5) is 5.69 Å². The number of nitrogens with one attached hydrogen (secondary N) is 1. The van der Waals surface area contributed by atoms with E-state index in [9.17, 15) is 0 Å². The van der Waals surface area contributed by atoms with Crippen LogP contribution in [0.25, 0.3) is 22.2 Å². The van der Waals surface area contributed by atoms with Crippen LogP contribution in [0.15, 0.2) is 36.4 Å². The summed E-state index contributed by atoms with van der Waals surface area (Å²) in [5.74, 6) is 2.75. The number of benzene rings is 2. The number of H-pyrrole nitrogens is 1. The second-order valence-electron chi connectivity index (χ2n) is 9.89. The van der Waals surface area contributed by atoms with Crippen LogP contribution in [0.1, 0.15) is 44.6 Å². The average molecular weight is 450 g/mol. The van der Waals surface area contributed by atoms with Gasteiger partial charge in [0.25, 0.3) is 0 Å². The van der Waals surface area contributed by atoms with Crippen LogP contribution in [0.5, 0.6) is 11.5 Å². The number of piperidine rings is 1. The molecule has 33 heavy (non-hydrogen) atoms. The van der Waals surface area contributed by atoms with Crippen LogP contribution < -0.4 is 14.4 Å². The largest absolute Gasteiger partial charge is 0.493 e. The van der Waals surface area contributed by atoms with Crippen molar-refractivity contribution >= 4 is 16.6 Å². The molecule has 1 aliphatic heterocycles. The van der Waals surface area contributed by atoms with E-state index in [4.69, 9.17) is 9.47 Å². The van der Waals surface area contributed by atoms with Gasteiger partial charge in [-0.3, -0.25) is 0 Å². The maximum Gasteiger partial charge on any atom is 0.161 e. The second kappa shape index (κ2) is 10.1. The fraction of sp³-hybridized carbons (Fsp3) is 0.500. The molecule has 178 valence electrons. The molecule has 1 saturated heterocycles. The van der Waals surface area contributed by atoms with Crippen LogP contribution in [0, 0.1) is 5.92 Å². The summed E-state index contributed by atoms with van der Waals surface area (Å²) in [6.07, 6.45) is 3.88. The lowest BCUT2D eigenvalue weighted by Crippen LogP contribution is -2.34. The van der Waals surface area contributed by atoms with E-state index in [-0.39, 0.29) is 0 Å². The Morgan fingerprint density at radius 2 is 1.73 bits per heavy atom. The van der Waals surface area contributed by atoms with Gasteiger partial charge in [-0.15, -0.1) is 0 Å². The maximum atomic E-state index is 5.56. The zero-order chi connectivity index (χ0) is 23.5. The summed E-state index contributed by atoms with van der Waals surface area (Å²) < 4.78 is 11.0. The molecule has 1 aromatic heterocycles. The summed E-state index contributed by atoms with van der Waals surface area (Å²) in [6.45, 7) is 8.03. The van der Waals surface area contributed by atoms with Gasteiger partial charge < -0.3 is 24.3 Å². The van der Waals surface area contributed by atoms with E-state index in [1.165, 1.54) is 53.7 Å². The van der Waals surface area contributed by atoms with Crippen LogP contribution in [0.3, 0.4) is 0 Å². The topological polar surface area (TPSA) is 40.7 Å². The SMILES string of the molecule is COc1ccc(-c2[nH]c3ccc(N4CCC(CCN(C)C)CC4)cc3c2C(C)C)cc1OC. The van der Waals surface area contributed by atoms with E-state index in [1.807, 2.05) is 6.07 Å². The van der Waals surface area contributed by atoms with Crippen molar-refractivity contribution < 1.29 is 9.47 Å². The Morgan fingerprint density at radius 1 is 1.00 bits per heavy atom. The Kier molecular flexibility index (Phi) is 7.18. The lowest BCUT2D eigenvalue weighted by atomic mass is 9.92. The van der Waals surface area contributed by atoms with Crippen molar-refractivity contribution in [3.05, 3.63) is 42.0 Å². The lowest BCUT2D eigenvalue weighted by molar-refractivity contribution is 0.313. The molecule has 5 nitrogen and oxygen atoms in total. The molecule has 5 heteroatoms. The van der Waals surface area contributed by atoms with Crippen LogP contribution in [-0.4, -0.2) is 57.8 Å². The molecule has 2 aromatic carbocycles. The first-order valence-corrected chi connectivity index (χ1v) is 12.2. The molecule has 3 aromatic rings. The van der Waals surface area contributed by atoms with Gasteiger partial charge in [0.15, 0.2) is 11.5 Å². The number of anilines is 1. The number of rotatable bonds is 8. The van der Waals surface area contributed by atoms with Crippen molar-refractivity contribution in [2.75, 3.05) is 52.8 Å². The molecule has 0 spiro atoms. The van der Waals surface area contributed by atoms with Gasteiger partial charge in [-0.2, -0.15) is 0 Å². The van der Waals surface area contributed by atoms with E-state index in [0.717, 1.165) is 36.1 Å². The van der Waals surface area contributed by atoms with Gasteiger partial charge in [0, 0.05) is 35.2 Å². The summed E-state index contributed by atoms with van der Waals surface area (Å²) in [7, 11) is 7.70. The summed E-state index contributed by atoms with van der Waals surface area (Å²) >= 11 is 0. The monoisotopic (exact) mass is 449 g/mol.